The molecule has 7 heteroatoms. The molecule has 0 fully saturated rings. The first-order valence-electron chi connectivity index (χ1n) is 6.71. The average Bonchev–Trinajstić information content (AvgIpc) is 2.47. The smallest absolute Gasteiger partial charge is 0.147 e. The van der Waals surface area contributed by atoms with Crippen molar-refractivity contribution in [1.82, 2.24) is 15.0 Å². The quantitative estimate of drug-likeness (QED) is 0.842. The highest BCUT2D eigenvalue weighted by Gasteiger charge is 2.09. The monoisotopic (exact) mass is 325 g/mol. The topological polar surface area (TPSA) is 62.7 Å². The Labute approximate surface area is 134 Å². The molecule has 0 saturated heterocycles. The van der Waals surface area contributed by atoms with Gasteiger partial charge in [-0.1, -0.05) is 30.1 Å². The molecule has 0 aromatic carbocycles. The molecule has 21 heavy (non-hydrogen) atoms. The van der Waals surface area contributed by atoms with E-state index in [1.165, 1.54) is 0 Å². The number of hydrogen-bond donors (Lipinski definition) is 2. The van der Waals surface area contributed by atoms with Gasteiger partial charge in [0.2, 0.25) is 0 Å². The number of halogens is 2. The number of hydrogen-bond acceptors (Lipinski definition) is 5. The lowest BCUT2D eigenvalue weighted by atomic mass is 10.3. The molecule has 0 aliphatic carbocycles. The van der Waals surface area contributed by atoms with Crippen molar-refractivity contribution < 1.29 is 0 Å². The van der Waals surface area contributed by atoms with Crippen LogP contribution in [0, 0.1) is 6.92 Å². The highest BCUT2D eigenvalue weighted by atomic mass is 35.5. The summed E-state index contributed by atoms with van der Waals surface area (Å²) in [5.74, 6) is 1.20. The van der Waals surface area contributed by atoms with Crippen LogP contribution >= 0.6 is 23.2 Å². The Balaban J connectivity index is 2.09. The van der Waals surface area contributed by atoms with Crippen LogP contribution in [0.15, 0.2) is 18.5 Å². The van der Waals surface area contributed by atoms with Gasteiger partial charge in [0.1, 0.15) is 11.6 Å². The number of aryl methyl sites for hydroxylation is 1. The molecule has 2 N–H and O–H groups in total. The normalized spacial score (nSPS) is 10.5. The fraction of sp³-hybridized carbons (Fsp3) is 0.357. The van der Waals surface area contributed by atoms with Crippen LogP contribution < -0.4 is 10.6 Å². The highest BCUT2D eigenvalue weighted by Crippen LogP contribution is 2.29. The summed E-state index contributed by atoms with van der Waals surface area (Å²) in [5, 5.41) is 7.30. The molecular weight excluding hydrogens is 309 g/mol. The van der Waals surface area contributed by atoms with Crippen LogP contribution in [0.5, 0.6) is 0 Å². The van der Waals surface area contributed by atoms with E-state index in [9.17, 15) is 0 Å². The molecule has 5 nitrogen and oxygen atoms in total. The predicted molar refractivity (Wildman–Crippen MR) is 87.1 cm³/mol. The highest BCUT2D eigenvalue weighted by molar-refractivity contribution is 6.37. The Bertz CT molecular complexity index is 601. The Morgan fingerprint density at radius 2 is 1.76 bits per heavy atom. The number of nitrogens with one attached hydrogen (secondary N) is 2. The summed E-state index contributed by atoms with van der Waals surface area (Å²) in [6.07, 6.45) is 4.44. The maximum Gasteiger partial charge on any atom is 0.147 e. The van der Waals surface area contributed by atoms with Crippen molar-refractivity contribution in [2.24, 2.45) is 0 Å². The van der Waals surface area contributed by atoms with E-state index in [0.717, 1.165) is 24.4 Å². The Morgan fingerprint density at radius 1 is 1.05 bits per heavy atom. The van der Waals surface area contributed by atoms with Gasteiger partial charge in [0.15, 0.2) is 0 Å². The molecule has 0 radical (unpaired) electrons. The van der Waals surface area contributed by atoms with E-state index in [4.69, 9.17) is 23.2 Å². The van der Waals surface area contributed by atoms with Crippen LogP contribution in [0.25, 0.3) is 0 Å². The van der Waals surface area contributed by atoms with Crippen LogP contribution in [0.1, 0.15) is 24.7 Å². The van der Waals surface area contributed by atoms with Crippen molar-refractivity contribution >= 4 is 34.8 Å². The van der Waals surface area contributed by atoms with Gasteiger partial charge in [0, 0.05) is 12.7 Å². The largest absolute Gasteiger partial charge is 0.369 e. The average molecular weight is 326 g/mol. The first-order chi connectivity index (χ1) is 10.1. The lowest BCUT2D eigenvalue weighted by Gasteiger charge is -2.12. The Morgan fingerprint density at radius 3 is 2.38 bits per heavy atom. The molecule has 2 aromatic rings. The van der Waals surface area contributed by atoms with Crippen LogP contribution in [0.3, 0.4) is 0 Å². The third-order valence-electron chi connectivity index (χ3n) is 2.74. The summed E-state index contributed by atoms with van der Waals surface area (Å²) in [6, 6.07) is 1.68. The van der Waals surface area contributed by atoms with Crippen molar-refractivity contribution in [2.75, 3.05) is 17.2 Å². The molecule has 2 aromatic heterocycles. The maximum absolute atomic E-state index is 6.15. The third kappa shape index (κ3) is 4.44. The van der Waals surface area contributed by atoms with E-state index in [1.54, 1.807) is 18.5 Å². The van der Waals surface area contributed by atoms with Crippen LogP contribution in [0.2, 0.25) is 10.0 Å². The molecule has 0 unspecified atom stereocenters. The summed E-state index contributed by atoms with van der Waals surface area (Å²) < 4.78 is 0. The zero-order valence-corrected chi connectivity index (χ0v) is 13.5. The molecule has 0 aliphatic rings. The van der Waals surface area contributed by atoms with Gasteiger partial charge in [0.25, 0.3) is 0 Å². The second-order valence-electron chi connectivity index (χ2n) is 4.58. The molecule has 2 rings (SSSR count). The number of anilines is 2. The van der Waals surface area contributed by atoms with Crippen LogP contribution in [0.4, 0.5) is 11.6 Å². The fourth-order valence-electron chi connectivity index (χ4n) is 1.64. The minimum atomic E-state index is 0.474. The number of rotatable bonds is 6. The first kappa shape index (κ1) is 15.8. The van der Waals surface area contributed by atoms with E-state index >= 15 is 0 Å². The van der Waals surface area contributed by atoms with Gasteiger partial charge < -0.3 is 10.6 Å². The molecular formula is C14H17Cl2N5. The third-order valence-corrected chi connectivity index (χ3v) is 3.32. The van der Waals surface area contributed by atoms with E-state index in [-0.39, 0.29) is 0 Å². The molecule has 0 saturated carbocycles. The van der Waals surface area contributed by atoms with Gasteiger partial charge in [0.05, 0.1) is 34.2 Å². The van der Waals surface area contributed by atoms with Gasteiger partial charge in [-0.2, -0.15) is 0 Å². The van der Waals surface area contributed by atoms with Gasteiger partial charge in [-0.05, 0) is 19.4 Å². The minimum Gasteiger partial charge on any atom is -0.369 e. The van der Waals surface area contributed by atoms with E-state index in [0.29, 0.717) is 28.2 Å². The zero-order chi connectivity index (χ0) is 15.2. The Hall–Kier alpha value is -1.59. The first-order valence-corrected chi connectivity index (χ1v) is 7.47. The van der Waals surface area contributed by atoms with Crippen LogP contribution in [-0.2, 0) is 6.54 Å². The standard InChI is InChI=1S/C14H17Cl2N5/c1-3-4-17-13-11(15)5-12(16)14(21-13)20-8-10-7-18-9(2)6-19-10/h5-7H,3-4,8H2,1-2H3,(H2,17,20,21). The van der Waals surface area contributed by atoms with E-state index in [2.05, 4.69) is 32.5 Å². The Kier molecular flexibility index (Phi) is 5.59. The van der Waals surface area contributed by atoms with E-state index < -0.39 is 0 Å². The predicted octanol–water partition coefficient (Wildman–Crippen LogP) is 3.92. The minimum absolute atomic E-state index is 0.474. The molecule has 0 spiro atoms. The van der Waals surface area contributed by atoms with Crippen LogP contribution in [-0.4, -0.2) is 21.5 Å². The molecule has 2 heterocycles. The van der Waals surface area contributed by atoms with Gasteiger partial charge in [-0.15, -0.1) is 0 Å². The van der Waals surface area contributed by atoms with Crippen molar-refractivity contribution in [1.29, 1.82) is 0 Å². The number of nitrogens with zero attached hydrogens (tertiary/aromatic N) is 3. The summed E-state index contributed by atoms with van der Waals surface area (Å²) in [6.45, 7) is 5.27. The number of pyridine rings is 1. The molecule has 0 bridgehead atoms. The lowest BCUT2D eigenvalue weighted by Crippen LogP contribution is -2.08. The van der Waals surface area contributed by atoms with E-state index in [1.807, 2.05) is 6.92 Å². The van der Waals surface area contributed by atoms with Gasteiger partial charge in [-0.3, -0.25) is 9.97 Å². The fourth-order valence-corrected chi connectivity index (χ4v) is 2.14. The summed E-state index contributed by atoms with van der Waals surface area (Å²) in [5.41, 5.74) is 1.70. The van der Waals surface area contributed by atoms with Crippen molar-refractivity contribution in [3.05, 3.63) is 39.9 Å². The summed E-state index contributed by atoms with van der Waals surface area (Å²) >= 11 is 12.3. The SMILES string of the molecule is CCCNc1nc(NCc2cnc(C)cn2)c(Cl)cc1Cl. The second-order valence-corrected chi connectivity index (χ2v) is 5.39. The molecule has 112 valence electrons. The zero-order valence-electron chi connectivity index (χ0n) is 12.0. The van der Waals surface area contributed by atoms with Crippen molar-refractivity contribution in [3.8, 4) is 0 Å². The second kappa shape index (κ2) is 7.43. The number of aromatic nitrogens is 3. The van der Waals surface area contributed by atoms with Gasteiger partial charge in [-0.25, -0.2) is 4.98 Å². The lowest BCUT2D eigenvalue weighted by molar-refractivity contribution is 0.960. The van der Waals surface area contributed by atoms with Crippen molar-refractivity contribution in [2.45, 2.75) is 26.8 Å². The summed E-state index contributed by atoms with van der Waals surface area (Å²) in [7, 11) is 0. The molecule has 0 aliphatic heterocycles. The summed E-state index contributed by atoms with van der Waals surface area (Å²) in [4.78, 5) is 12.9. The maximum atomic E-state index is 6.15. The molecule has 0 atom stereocenters. The van der Waals surface area contributed by atoms with Crippen molar-refractivity contribution in [3.63, 3.8) is 0 Å². The molecule has 0 amide bonds. The van der Waals surface area contributed by atoms with Gasteiger partial charge >= 0.3 is 0 Å².